The van der Waals surface area contributed by atoms with Gasteiger partial charge in [0, 0.05) is 23.5 Å². The first-order chi connectivity index (χ1) is 12.0. The average molecular weight is 338 g/mol. The molecule has 0 saturated heterocycles. The number of carbonyl (C=O) groups is 1. The van der Waals surface area contributed by atoms with Crippen LogP contribution < -0.4 is 0 Å². The van der Waals surface area contributed by atoms with Crippen molar-refractivity contribution in [3.8, 4) is 11.4 Å². The van der Waals surface area contributed by atoms with Crippen LogP contribution in [0.2, 0.25) is 0 Å². The van der Waals surface area contributed by atoms with Crippen molar-refractivity contribution in [2.75, 3.05) is 0 Å². The Morgan fingerprint density at radius 2 is 1.80 bits per heavy atom. The van der Waals surface area contributed by atoms with Gasteiger partial charge in [0.25, 0.3) is 0 Å². The Bertz CT molecular complexity index is 719. The minimum absolute atomic E-state index is 0.358. The van der Waals surface area contributed by atoms with E-state index in [1.165, 1.54) is 0 Å². The largest absolute Gasteiger partial charge is 0.478 e. The lowest BCUT2D eigenvalue weighted by Gasteiger charge is -2.09. The molecule has 1 aromatic heterocycles. The van der Waals surface area contributed by atoms with Gasteiger partial charge in [0.05, 0.1) is 0 Å². The molecule has 0 amide bonds. The van der Waals surface area contributed by atoms with Crippen LogP contribution in [0.25, 0.3) is 17.5 Å². The molecule has 0 saturated carbocycles. The lowest BCUT2D eigenvalue weighted by Crippen LogP contribution is -2.05. The molecular formula is C21H26N2O2. The molecule has 0 unspecified atom stereocenters. The van der Waals surface area contributed by atoms with Crippen LogP contribution in [0, 0.1) is 5.92 Å². The highest BCUT2D eigenvalue weighted by Crippen LogP contribution is 2.20. The number of aliphatic carboxylic acids is 1. The van der Waals surface area contributed by atoms with E-state index in [4.69, 9.17) is 0 Å². The van der Waals surface area contributed by atoms with Gasteiger partial charge in [0.15, 0.2) is 5.82 Å². The molecule has 0 radical (unpaired) electrons. The summed E-state index contributed by atoms with van der Waals surface area (Å²) < 4.78 is 0. The molecule has 0 aliphatic carbocycles. The van der Waals surface area contributed by atoms with E-state index in [-0.39, 0.29) is 0 Å². The second kappa shape index (κ2) is 9.11. The van der Waals surface area contributed by atoms with Crippen LogP contribution in [0.3, 0.4) is 0 Å². The lowest BCUT2D eigenvalue weighted by atomic mass is 9.97. The molecule has 1 heterocycles. The quantitative estimate of drug-likeness (QED) is 0.688. The summed E-state index contributed by atoms with van der Waals surface area (Å²) >= 11 is 0. The standard InChI is InChI=1S/C21H26N2O2/c1-4-6-17-13-22-20(23-14-17)18-9-7-16(8-10-18)12-19(21(24)25)11-15(3)5-2/h7-10,12-15H,4-6,11H2,1-3H3,(H,24,25)/t15-/m1/s1. The van der Waals surface area contributed by atoms with E-state index in [0.717, 1.165) is 36.0 Å². The summed E-state index contributed by atoms with van der Waals surface area (Å²) in [6, 6.07) is 7.70. The van der Waals surface area contributed by atoms with Crippen LogP contribution in [0.4, 0.5) is 0 Å². The van der Waals surface area contributed by atoms with Crippen molar-refractivity contribution in [3.63, 3.8) is 0 Å². The molecule has 1 atom stereocenters. The van der Waals surface area contributed by atoms with Crippen molar-refractivity contribution >= 4 is 12.0 Å². The molecule has 2 aromatic rings. The number of nitrogens with zero attached hydrogens (tertiary/aromatic N) is 2. The van der Waals surface area contributed by atoms with Gasteiger partial charge in [-0.1, -0.05) is 57.9 Å². The van der Waals surface area contributed by atoms with Crippen molar-refractivity contribution in [2.24, 2.45) is 5.92 Å². The summed E-state index contributed by atoms with van der Waals surface area (Å²) in [5, 5.41) is 9.39. The summed E-state index contributed by atoms with van der Waals surface area (Å²) in [6.07, 6.45) is 9.10. The molecule has 4 heteroatoms. The Balaban J connectivity index is 2.17. The van der Waals surface area contributed by atoms with Gasteiger partial charge < -0.3 is 5.11 Å². The predicted molar refractivity (Wildman–Crippen MR) is 101 cm³/mol. The normalized spacial score (nSPS) is 12.8. The predicted octanol–water partition coefficient (Wildman–Crippen LogP) is 5.00. The van der Waals surface area contributed by atoms with Crippen molar-refractivity contribution in [2.45, 2.75) is 46.5 Å². The molecule has 2 rings (SSSR count). The summed E-state index contributed by atoms with van der Waals surface area (Å²) in [7, 11) is 0. The fourth-order valence-electron chi connectivity index (χ4n) is 2.58. The van der Waals surface area contributed by atoms with E-state index < -0.39 is 5.97 Å². The number of aromatic nitrogens is 2. The minimum atomic E-state index is -0.848. The number of rotatable bonds is 8. The molecular weight excluding hydrogens is 312 g/mol. The van der Waals surface area contributed by atoms with Crippen molar-refractivity contribution in [1.82, 2.24) is 9.97 Å². The van der Waals surface area contributed by atoms with E-state index in [9.17, 15) is 9.90 Å². The number of carboxylic acids is 1. The molecule has 4 nitrogen and oxygen atoms in total. The first kappa shape index (κ1) is 18.8. The Morgan fingerprint density at radius 1 is 1.16 bits per heavy atom. The van der Waals surface area contributed by atoms with Crippen LogP contribution >= 0.6 is 0 Å². The van der Waals surface area contributed by atoms with Gasteiger partial charge in [-0.05, 0) is 36.0 Å². The molecule has 25 heavy (non-hydrogen) atoms. The molecule has 0 fully saturated rings. The molecule has 0 bridgehead atoms. The first-order valence-electron chi connectivity index (χ1n) is 8.88. The highest BCUT2D eigenvalue weighted by Gasteiger charge is 2.11. The maximum atomic E-state index is 11.4. The molecule has 0 aliphatic heterocycles. The zero-order valence-electron chi connectivity index (χ0n) is 15.2. The third kappa shape index (κ3) is 5.52. The van der Waals surface area contributed by atoms with Crippen LogP contribution in [-0.2, 0) is 11.2 Å². The van der Waals surface area contributed by atoms with Crippen LogP contribution in [-0.4, -0.2) is 21.0 Å². The maximum Gasteiger partial charge on any atom is 0.331 e. The Labute approximate surface area is 149 Å². The fourth-order valence-corrected chi connectivity index (χ4v) is 2.58. The molecule has 0 spiro atoms. The van der Waals surface area contributed by atoms with Gasteiger partial charge in [-0.15, -0.1) is 0 Å². The maximum absolute atomic E-state index is 11.4. The summed E-state index contributed by atoms with van der Waals surface area (Å²) in [5.74, 6) is 0.198. The van der Waals surface area contributed by atoms with Gasteiger partial charge >= 0.3 is 5.97 Å². The van der Waals surface area contributed by atoms with Gasteiger partial charge in [0.1, 0.15) is 0 Å². The smallest absolute Gasteiger partial charge is 0.331 e. The third-order valence-electron chi connectivity index (χ3n) is 4.29. The topological polar surface area (TPSA) is 63.1 Å². The molecule has 1 aromatic carbocycles. The zero-order valence-corrected chi connectivity index (χ0v) is 15.2. The van der Waals surface area contributed by atoms with Crippen LogP contribution in [0.15, 0.2) is 42.2 Å². The van der Waals surface area contributed by atoms with Crippen LogP contribution in [0.5, 0.6) is 0 Å². The monoisotopic (exact) mass is 338 g/mol. The number of hydrogen-bond donors (Lipinski definition) is 1. The van der Waals surface area contributed by atoms with Crippen molar-refractivity contribution < 1.29 is 9.90 Å². The van der Waals surface area contributed by atoms with Gasteiger partial charge in [-0.3, -0.25) is 0 Å². The summed E-state index contributed by atoms with van der Waals surface area (Å²) in [6.45, 7) is 6.27. The Hall–Kier alpha value is -2.49. The average Bonchev–Trinajstić information content (AvgIpc) is 2.62. The summed E-state index contributed by atoms with van der Waals surface area (Å²) in [5.41, 5.74) is 3.40. The van der Waals surface area contributed by atoms with E-state index in [0.29, 0.717) is 23.7 Å². The number of carboxylic acid groups (broad SMARTS) is 1. The number of hydrogen-bond acceptors (Lipinski definition) is 3. The SMILES string of the molecule is CCCc1cnc(-c2ccc(C=C(C[C@H](C)CC)C(=O)O)cc2)nc1. The van der Waals surface area contributed by atoms with Gasteiger partial charge in [-0.2, -0.15) is 0 Å². The second-order valence-corrected chi connectivity index (χ2v) is 6.48. The molecule has 0 aliphatic rings. The van der Waals surface area contributed by atoms with Crippen molar-refractivity contribution in [1.29, 1.82) is 0 Å². The van der Waals surface area contributed by atoms with E-state index in [1.54, 1.807) is 6.08 Å². The molecule has 1 N–H and O–H groups in total. The second-order valence-electron chi connectivity index (χ2n) is 6.48. The highest BCUT2D eigenvalue weighted by molar-refractivity contribution is 5.92. The van der Waals surface area contributed by atoms with E-state index >= 15 is 0 Å². The number of benzene rings is 1. The molecule has 132 valence electrons. The lowest BCUT2D eigenvalue weighted by molar-refractivity contribution is -0.132. The van der Waals surface area contributed by atoms with E-state index in [2.05, 4.69) is 30.7 Å². The minimum Gasteiger partial charge on any atom is -0.478 e. The highest BCUT2D eigenvalue weighted by atomic mass is 16.4. The summed E-state index contributed by atoms with van der Waals surface area (Å²) in [4.78, 5) is 20.3. The fraction of sp³-hybridized carbons (Fsp3) is 0.381. The van der Waals surface area contributed by atoms with E-state index in [1.807, 2.05) is 36.7 Å². The Morgan fingerprint density at radius 3 is 2.32 bits per heavy atom. The zero-order chi connectivity index (χ0) is 18.2. The van der Waals surface area contributed by atoms with Crippen LogP contribution in [0.1, 0.15) is 51.2 Å². The van der Waals surface area contributed by atoms with Gasteiger partial charge in [0.2, 0.25) is 0 Å². The van der Waals surface area contributed by atoms with Gasteiger partial charge in [-0.25, -0.2) is 14.8 Å². The number of aryl methyl sites for hydroxylation is 1. The Kier molecular flexibility index (Phi) is 6.87. The third-order valence-corrected chi connectivity index (χ3v) is 4.29. The first-order valence-corrected chi connectivity index (χ1v) is 8.88. The van der Waals surface area contributed by atoms with Crippen molar-refractivity contribution in [3.05, 3.63) is 53.4 Å².